The molecule has 0 radical (unpaired) electrons. The molecule has 3 aliphatic rings. The van der Waals surface area contributed by atoms with E-state index in [9.17, 15) is 66.3 Å². The number of amides is 2. The van der Waals surface area contributed by atoms with Crippen molar-refractivity contribution in [3.63, 3.8) is 0 Å². The highest BCUT2D eigenvalue weighted by molar-refractivity contribution is 7.86. The molecule has 0 aromatic heterocycles. The van der Waals surface area contributed by atoms with E-state index < -0.39 is 90.4 Å². The number of carbonyl (C=O) groups excluding carboxylic acids is 3. The third-order valence-electron chi connectivity index (χ3n) is 12.4. The number of hydrogen-bond donors (Lipinski definition) is 0. The minimum atomic E-state index is -5.01. The normalized spacial score (nSPS) is 20.0. The van der Waals surface area contributed by atoms with Crippen LogP contribution in [0.3, 0.4) is 0 Å². The fraction of sp³-hybridized carbons (Fsp3) is 0.556. The van der Waals surface area contributed by atoms with Crippen molar-refractivity contribution in [1.29, 1.82) is 0 Å². The number of methoxy groups -OCH3 is 1. The summed E-state index contributed by atoms with van der Waals surface area (Å²) >= 11 is 0. The summed E-state index contributed by atoms with van der Waals surface area (Å²) in [6, 6.07) is 7.50. The molecule has 3 heterocycles. The van der Waals surface area contributed by atoms with Gasteiger partial charge in [0.15, 0.2) is 12.3 Å². The van der Waals surface area contributed by atoms with Crippen molar-refractivity contribution in [2.24, 2.45) is 0 Å². The molecule has 2 unspecified atom stereocenters. The summed E-state index contributed by atoms with van der Waals surface area (Å²) in [6.45, 7) is 4.65. The Hall–Kier alpha value is -4.56. The van der Waals surface area contributed by atoms with Crippen molar-refractivity contribution in [3.8, 4) is 0 Å². The Balaban J connectivity index is 1.50. The van der Waals surface area contributed by atoms with Gasteiger partial charge in [-0.05, 0) is 81.5 Å². The number of nitrogens with zero attached hydrogens (tertiary/aromatic N) is 3. The molecular formula is C45H58N3O21S4-3. The second-order valence-corrected chi connectivity index (χ2v) is 23.3. The van der Waals surface area contributed by atoms with Crippen molar-refractivity contribution in [1.82, 2.24) is 5.06 Å². The first kappa shape index (κ1) is 59.3. The van der Waals surface area contributed by atoms with Crippen LogP contribution in [-0.4, -0.2) is 176 Å². The van der Waals surface area contributed by atoms with Gasteiger partial charge < -0.3 is 51.6 Å². The molecule has 24 nitrogen and oxygen atoms in total. The predicted molar refractivity (Wildman–Crippen MR) is 252 cm³/mol. The molecule has 73 heavy (non-hydrogen) atoms. The van der Waals surface area contributed by atoms with E-state index in [1.807, 2.05) is 0 Å². The van der Waals surface area contributed by atoms with Crippen LogP contribution in [0.5, 0.6) is 0 Å². The smallest absolute Gasteiger partial charge is 0.335 e. The molecule has 0 spiro atoms. The Bertz CT molecular complexity index is 2890. The van der Waals surface area contributed by atoms with Gasteiger partial charge in [0.05, 0.1) is 94.7 Å². The molecule has 2 aromatic carbocycles. The van der Waals surface area contributed by atoms with Crippen LogP contribution in [-0.2, 0) is 94.2 Å². The van der Waals surface area contributed by atoms with Crippen molar-refractivity contribution in [2.75, 3.05) is 96.1 Å². The molecule has 1 fully saturated rings. The first-order valence-corrected chi connectivity index (χ1v) is 28.9. The third-order valence-corrected chi connectivity index (χ3v) is 15.6. The molecule has 0 aliphatic carbocycles. The average molecular weight is 1110 g/mol. The minimum Gasteiger partial charge on any atom is -0.748 e. The van der Waals surface area contributed by atoms with E-state index in [0.717, 1.165) is 12.1 Å². The highest BCUT2D eigenvalue weighted by Crippen LogP contribution is 2.51. The molecule has 5 rings (SSSR count). The lowest BCUT2D eigenvalue weighted by atomic mass is 9.75. The molecule has 2 aromatic rings. The summed E-state index contributed by atoms with van der Waals surface area (Å²) in [5, 5.41) is 0.426. The SMILES string of the molecule is COCCOCCOCC[N+]1=C(/C=C/C=C2/N(CCOCCOCCC(=O)ON3C(=O)CCC3=O)c3ccc(S(=O)(=O)[O-])cc3C2(C)CCCS(=O)(=O)[O-])C(C)(CCCS(=O)(=O)[O-])c2cc(S(=O)(=O)[O-])ccc21. The van der Waals surface area contributed by atoms with E-state index in [0.29, 0.717) is 52.2 Å². The molecule has 0 bridgehead atoms. The zero-order valence-electron chi connectivity index (χ0n) is 40.4. The van der Waals surface area contributed by atoms with Gasteiger partial charge in [0, 0.05) is 72.5 Å². The van der Waals surface area contributed by atoms with Gasteiger partial charge in [0.25, 0.3) is 11.8 Å². The van der Waals surface area contributed by atoms with Gasteiger partial charge in [0.2, 0.25) is 5.69 Å². The van der Waals surface area contributed by atoms with E-state index in [1.165, 1.54) is 31.4 Å². The van der Waals surface area contributed by atoms with E-state index in [-0.39, 0.29) is 104 Å². The van der Waals surface area contributed by atoms with E-state index >= 15 is 0 Å². The Morgan fingerprint density at radius 2 is 1.21 bits per heavy atom. The van der Waals surface area contributed by atoms with Gasteiger partial charge >= 0.3 is 5.97 Å². The highest BCUT2D eigenvalue weighted by Gasteiger charge is 2.48. The summed E-state index contributed by atoms with van der Waals surface area (Å²) in [7, 11) is -17.9. The van der Waals surface area contributed by atoms with Crippen LogP contribution >= 0.6 is 0 Å². The minimum absolute atomic E-state index is 0.00452. The summed E-state index contributed by atoms with van der Waals surface area (Å²) in [6.07, 6.45) is 4.05. The number of imide groups is 1. The van der Waals surface area contributed by atoms with Crippen LogP contribution in [0, 0.1) is 0 Å². The van der Waals surface area contributed by atoms with Gasteiger partial charge in [-0.3, -0.25) is 9.59 Å². The highest BCUT2D eigenvalue weighted by atomic mass is 32.2. The maximum absolute atomic E-state index is 12.4. The summed E-state index contributed by atoms with van der Waals surface area (Å²) in [5.41, 5.74) is -0.138. The summed E-state index contributed by atoms with van der Waals surface area (Å²) in [4.78, 5) is 41.1. The number of carbonyl (C=O) groups is 3. The first-order chi connectivity index (χ1) is 34.2. The third kappa shape index (κ3) is 16.2. The molecule has 0 N–H and O–H groups in total. The number of hydrogen-bond acceptors (Lipinski definition) is 22. The second kappa shape index (κ2) is 25.3. The van der Waals surface area contributed by atoms with Crippen molar-refractivity contribution in [2.45, 2.75) is 79.4 Å². The number of fused-ring (bicyclic) bond motifs is 2. The van der Waals surface area contributed by atoms with Gasteiger partial charge in [0.1, 0.15) is 26.8 Å². The fourth-order valence-electron chi connectivity index (χ4n) is 8.88. The second-order valence-electron chi connectivity index (χ2n) is 17.5. The maximum Gasteiger partial charge on any atom is 0.335 e. The van der Waals surface area contributed by atoms with Crippen molar-refractivity contribution in [3.05, 3.63) is 71.5 Å². The van der Waals surface area contributed by atoms with Crippen LogP contribution in [0.15, 0.2) is 70.1 Å². The van der Waals surface area contributed by atoms with E-state index in [2.05, 4.69) is 0 Å². The lowest BCUT2D eigenvalue weighted by Crippen LogP contribution is -2.33. The molecule has 2 amide bonds. The molecule has 0 saturated carbocycles. The van der Waals surface area contributed by atoms with Crippen LogP contribution in [0.2, 0.25) is 0 Å². The lowest BCUT2D eigenvalue weighted by Gasteiger charge is -2.31. The largest absolute Gasteiger partial charge is 0.748 e. The molecular weight excluding hydrogens is 1050 g/mol. The number of rotatable bonds is 31. The van der Waals surface area contributed by atoms with Crippen molar-refractivity contribution >= 4 is 75.3 Å². The molecule has 406 valence electrons. The van der Waals surface area contributed by atoms with Crippen molar-refractivity contribution < 1.29 is 99.4 Å². The molecule has 3 aliphatic heterocycles. The molecule has 2 atom stereocenters. The number of hydroxylamine groups is 2. The van der Waals surface area contributed by atoms with Gasteiger partial charge in [-0.2, -0.15) is 4.58 Å². The predicted octanol–water partition coefficient (Wildman–Crippen LogP) is 1.43. The summed E-state index contributed by atoms with van der Waals surface area (Å²) in [5.74, 6) is -3.65. The van der Waals surface area contributed by atoms with Gasteiger partial charge in [-0.1, -0.05) is 6.08 Å². The Morgan fingerprint density at radius 3 is 1.78 bits per heavy atom. The number of benzene rings is 2. The number of allylic oxidation sites excluding steroid dienone is 4. The topological polar surface area (TPSA) is 345 Å². The Labute approximate surface area is 424 Å². The summed E-state index contributed by atoms with van der Waals surface area (Å²) < 4.78 is 174. The van der Waals surface area contributed by atoms with Crippen LogP contribution in [0.1, 0.15) is 69.9 Å². The van der Waals surface area contributed by atoms with Crippen LogP contribution in [0.25, 0.3) is 0 Å². The van der Waals surface area contributed by atoms with Crippen LogP contribution < -0.4 is 4.90 Å². The standard InChI is InChI=1S/C45H61N3O21S4/c1-44(16-5-29-70(52,53)54)35-31-33(72(58,59)60)9-11-37(35)46(18-21-66-26-25-65-20-15-43(51)69-48-41(49)13-14-42(48)50)39(44)7-4-8-40-45(2,17-6-30-71(55,56)57)36-32-34(73(61,62)63)10-12-38(36)47(40)19-22-67-27-28-68-24-23-64-3/h4,7-12,31-32H,5-6,13-30H2,1-3H3,(H3-,52,53,54,55,56,57,58,59,60,61,62,63)/p-3. The Morgan fingerprint density at radius 1 is 0.685 bits per heavy atom. The fourth-order valence-corrected chi connectivity index (χ4v) is 10.9. The monoisotopic (exact) mass is 1100 g/mol. The number of anilines is 1. The average Bonchev–Trinajstić information content (AvgIpc) is 3.82. The van der Waals surface area contributed by atoms with E-state index in [1.54, 1.807) is 41.6 Å². The molecule has 1 saturated heterocycles. The molecule has 28 heteroatoms. The lowest BCUT2D eigenvalue weighted by molar-refractivity contribution is -0.442. The quantitative estimate of drug-likeness (QED) is 0.0446. The maximum atomic E-state index is 12.4. The first-order valence-electron chi connectivity index (χ1n) is 23.0. The zero-order chi connectivity index (χ0) is 53.8. The van der Waals surface area contributed by atoms with Gasteiger partial charge in [-0.15, -0.1) is 5.06 Å². The van der Waals surface area contributed by atoms with Crippen LogP contribution in [0.4, 0.5) is 11.4 Å². The van der Waals surface area contributed by atoms with E-state index in [4.69, 9.17) is 28.5 Å². The Kier molecular flexibility index (Phi) is 20.6. The zero-order valence-corrected chi connectivity index (χ0v) is 43.7. The number of ether oxygens (including phenoxy) is 5. The van der Waals surface area contributed by atoms with Gasteiger partial charge in [-0.25, -0.2) is 38.5 Å².